The molecule has 1 aromatic carbocycles. The van der Waals surface area contributed by atoms with Crippen LogP contribution in [0.4, 0.5) is 27.2 Å². The summed E-state index contributed by atoms with van der Waals surface area (Å²) in [5.74, 6) is -1.39. The Morgan fingerprint density at radius 1 is 1.24 bits per heavy atom. The molecule has 1 saturated carbocycles. The minimum atomic E-state index is -4.88. The number of alkyl halides is 3. The Balaban J connectivity index is 1.91. The van der Waals surface area contributed by atoms with Crippen LogP contribution in [0.1, 0.15) is 44.7 Å². The summed E-state index contributed by atoms with van der Waals surface area (Å²) in [7, 11) is 1.17. The van der Waals surface area contributed by atoms with Crippen molar-refractivity contribution in [2.45, 2.75) is 57.0 Å². The molecule has 0 radical (unpaired) electrons. The Kier molecular flexibility index (Phi) is 6.84. The van der Waals surface area contributed by atoms with Gasteiger partial charge in [0.2, 0.25) is 0 Å². The van der Waals surface area contributed by atoms with Gasteiger partial charge < -0.3 is 14.2 Å². The minimum Gasteiger partial charge on any atom is -0.453 e. The van der Waals surface area contributed by atoms with Crippen molar-refractivity contribution in [3.8, 4) is 0 Å². The number of hydrogen-bond donors (Lipinski definition) is 0. The summed E-state index contributed by atoms with van der Waals surface area (Å²) < 4.78 is 69.6. The summed E-state index contributed by atoms with van der Waals surface area (Å²) in [5.41, 5.74) is -3.07. The fraction of sp³-hybridized carbons (Fsp3) is 0.636. The molecule has 1 atom stereocenters. The van der Waals surface area contributed by atoms with Crippen LogP contribution in [0.3, 0.4) is 0 Å². The molecule has 0 unspecified atom stereocenters. The maximum Gasteiger partial charge on any atom is 0.419 e. The molecule has 3 rings (SSSR count). The van der Waals surface area contributed by atoms with Crippen LogP contribution in [0.25, 0.3) is 0 Å². The van der Waals surface area contributed by atoms with Crippen LogP contribution >= 0.6 is 0 Å². The van der Waals surface area contributed by atoms with E-state index < -0.39 is 46.9 Å². The number of hydrogen-bond acceptors (Lipinski definition) is 5. The van der Waals surface area contributed by atoms with E-state index >= 15 is 0 Å². The number of benzene rings is 1. The highest BCUT2D eigenvalue weighted by Crippen LogP contribution is 2.52. The van der Waals surface area contributed by atoms with Gasteiger partial charge in [0.1, 0.15) is 11.4 Å². The Bertz CT molecular complexity index is 896. The Hall–Kier alpha value is -2.56. The number of carbonyl (C=O) groups excluding carboxylic acids is 2. The molecule has 1 aliphatic heterocycles. The van der Waals surface area contributed by atoms with Crippen molar-refractivity contribution in [3.05, 3.63) is 35.1 Å². The number of nitrogens with zero attached hydrogens (tertiary/aromatic N) is 2. The number of carbonyl (C=O) groups is 2. The van der Waals surface area contributed by atoms with Crippen LogP contribution in [0, 0.1) is 5.82 Å². The van der Waals surface area contributed by atoms with Crippen LogP contribution in [0.15, 0.2) is 18.2 Å². The van der Waals surface area contributed by atoms with Gasteiger partial charge in [-0.2, -0.15) is 13.2 Å². The summed E-state index contributed by atoms with van der Waals surface area (Å²) in [6.07, 6.45) is -5.49. The van der Waals surface area contributed by atoms with Crippen LogP contribution in [-0.2, 0) is 25.9 Å². The zero-order valence-electron chi connectivity index (χ0n) is 19.0. The first-order valence-electron chi connectivity index (χ1n) is 10.6. The quantitative estimate of drug-likeness (QED) is 0.597. The van der Waals surface area contributed by atoms with E-state index in [1.54, 1.807) is 20.8 Å². The summed E-state index contributed by atoms with van der Waals surface area (Å²) in [5, 5.41) is 0. The first-order chi connectivity index (χ1) is 15.3. The SMILES string of the molecule is COC(=O)N(C[C@H]1COCCN1C(=O)OC(C)(C)C)C1(c2ccc(F)c(C(F)(F)F)c2)CC1. The molecule has 184 valence electrons. The molecule has 0 spiro atoms. The maximum absolute atomic E-state index is 13.8. The molecule has 2 amide bonds. The molecule has 2 aliphatic rings. The van der Waals surface area contributed by atoms with Gasteiger partial charge in [-0.15, -0.1) is 0 Å². The van der Waals surface area contributed by atoms with Crippen molar-refractivity contribution in [2.24, 2.45) is 0 Å². The van der Waals surface area contributed by atoms with Crippen molar-refractivity contribution in [1.29, 1.82) is 0 Å². The molecule has 33 heavy (non-hydrogen) atoms. The number of methoxy groups -OCH3 is 1. The van der Waals surface area contributed by atoms with Gasteiger partial charge in [0.25, 0.3) is 0 Å². The third kappa shape index (κ3) is 5.51. The zero-order valence-corrected chi connectivity index (χ0v) is 19.0. The van der Waals surface area contributed by atoms with Gasteiger partial charge in [-0.25, -0.2) is 14.0 Å². The Morgan fingerprint density at radius 3 is 2.45 bits per heavy atom. The van der Waals surface area contributed by atoms with Crippen molar-refractivity contribution < 1.29 is 41.4 Å². The van der Waals surface area contributed by atoms with Gasteiger partial charge in [0, 0.05) is 13.1 Å². The van der Waals surface area contributed by atoms with Gasteiger partial charge in [-0.1, -0.05) is 6.07 Å². The highest BCUT2D eigenvalue weighted by molar-refractivity contribution is 5.71. The van der Waals surface area contributed by atoms with E-state index in [4.69, 9.17) is 14.2 Å². The van der Waals surface area contributed by atoms with Crippen molar-refractivity contribution in [3.63, 3.8) is 0 Å². The Labute approximate surface area is 189 Å². The van der Waals surface area contributed by atoms with E-state index in [1.165, 1.54) is 23.0 Å². The average Bonchev–Trinajstić information content (AvgIpc) is 3.51. The molecule has 1 aliphatic carbocycles. The second-order valence-corrected chi connectivity index (χ2v) is 9.21. The molecular formula is C22H28F4N2O5. The molecular weight excluding hydrogens is 448 g/mol. The maximum atomic E-state index is 13.8. The normalized spacial score (nSPS) is 20.2. The molecule has 0 aromatic heterocycles. The number of halogens is 4. The van der Waals surface area contributed by atoms with Crippen molar-refractivity contribution >= 4 is 12.2 Å². The summed E-state index contributed by atoms with van der Waals surface area (Å²) >= 11 is 0. The lowest BCUT2D eigenvalue weighted by molar-refractivity contribution is -0.140. The third-order valence-electron chi connectivity index (χ3n) is 5.69. The monoisotopic (exact) mass is 476 g/mol. The number of amides is 2. The van der Waals surface area contributed by atoms with Gasteiger partial charge in [-0.05, 0) is 51.3 Å². The molecule has 1 aromatic rings. The van der Waals surface area contributed by atoms with Crippen LogP contribution in [0.2, 0.25) is 0 Å². The molecule has 1 saturated heterocycles. The lowest BCUT2D eigenvalue weighted by Crippen LogP contribution is -2.57. The predicted octanol–water partition coefficient (Wildman–Crippen LogP) is 4.54. The lowest BCUT2D eigenvalue weighted by atomic mass is 9.99. The van der Waals surface area contributed by atoms with E-state index in [2.05, 4.69) is 0 Å². The second-order valence-electron chi connectivity index (χ2n) is 9.21. The average molecular weight is 476 g/mol. The first kappa shape index (κ1) is 25.1. The largest absolute Gasteiger partial charge is 0.453 e. The predicted molar refractivity (Wildman–Crippen MR) is 109 cm³/mol. The third-order valence-corrected chi connectivity index (χ3v) is 5.69. The smallest absolute Gasteiger partial charge is 0.419 e. The highest BCUT2D eigenvalue weighted by atomic mass is 19.4. The van der Waals surface area contributed by atoms with Crippen LogP contribution in [-0.4, -0.2) is 67.0 Å². The van der Waals surface area contributed by atoms with E-state index in [-0.39, 0.29) is 31.9 Å². The fourth-order valence-corrected chi connectivity index (χ4v) is 3.98. The van der Waals surface area contributed by atoms with Gasteiger partial charge in [0.05, 0.1) is 37.5 Å². The lowest BCUT2D eigenvalue weighted by Gasteiger charge is -2.41. The van der Waals surface area contributed by atoms with Gasteiger partial charge in [0.15, 0.2) is 0 Å². The summed E-state index contributed by atoms with van der Waals surface area (Å²) in [6, 6.07) is 2.13. The first-order valence-corrected chi connectivity index (χ1v) is 10.6. The van der Waals surface area contributed by atoms with Crippen molar-refractivity contribution in [2.75, 3.05) is 33.4 Å². The fourth-order valence-electron chi connectivity index (χ4n) is 3.98. The topological polar surface area (TPSA) is 68.3 Å². The van der Waals surface area contributed by atoms with Crippen LogP contribution in [0.5, 0.6) is 0 Å². The Morgan fingerprint density at radius 2 is 1.91 bits per heavy atom. The number of morpholine rings is 1. The van der Waals surface area contributed by atoms with E-state index in [0.717, 1.165) is 12.1 Å². The number of ether oxygens (including phenoxy) is 3. The molecule has 0 N–H and O–H groups in total. The molecule has 1 heterocycles. The van der Waals surface area contributed by atoms with E-state index in [9.17, 15) is 27.2 Å². The second kappa shape index (κ2) is 9.00. The van der Waals surface area contributed by atoms with Crippen LogP contribution < -0.4 is 0 Å². The minimum absolute atomic E-state index is 0.0509. The van der Waals surface area contributed by atoms with E-state index in [0.29, 0.717) is 12.8 Å². The highest BCUT2D eigenvalue weighted by Gasteiger charge is 2.54. The van der Waals surface area contributed by atoms with Gasteiger partial charge >= 0.3 is 18.4 Å². The molecule has 0 bridgehead atoms. The van der Waals surface area contributed by atoms with Gasteiger partial charge in [-0.3, -0.25) is 9.80 Å². The molecule has 2 fully saturated rings. The van der Waals surface area contributed by atoms with Crippen molar-refractivity contribution in [1.82, 2.24) is 9.80 Å². The number of rotatable bonds is 4. The summed E-state index contributed by atoms with van der Waals surface area (Å²) in [4.78, 5) is 28.2. The zero-order chi connectivity index (χ0) is 24.6. The standard InChI is InChI=1S/C22H28F4N2O5/c1-20(2,3)33-18(29)27-9-10-32-13-15(27)12-28(19(30)31-4)21(7-8-21)14-5-6-17(23)16(11-14)22(24,25)26/h5-6,11,15H,7-10,12-13H2,1-4H3/t15-/m0/s1. The van der Waals surface area contributed by atoms with E-state index in [1.807, 2.05) is 0 Å². The molecule has 7 nitrogen and oxygen atoms in total. The summed E-state index contributed by atoms with van der Waals surface area (Å²) in [6.45, 7) is 5.76. The molecule has 11 heteroatoms.